The molecule has 1 amide bonds. The number of hydrazine groups is 1. The van der Waals surface area contributed by atoms with Crippen LogP contribution in [0.15, 0.2) is 60.7 Å². The average Bonchev–Trinajstić information content (AvgIpc) is 2.90. The van der Waals surface area contributed by atoms with Gasteiger partial charge in [-0.15, -0.1) is 4.41 Å². The van der Waals surface area contributed by atoms with E-state index in [-0.39, 0.29) is 24.6 Å². The van der Waals surface area contributed by atoms with Crippen LogP contribution in [-0.4, -0.2) is 49.0 Å². The van der Waals surface area contributed by atoms with Gasteiger partial charge < -0.3 is 14.6 Å². The van der Waals surface area contributed by atoms with Gasteiger partial charge in [-0.3, -0.25) is 15.0 Å². The summed E-state index contributed by atoms with van der Waals surface area (Å²) in [7, 11) is -3.89. The first-order valence-corrected chi connectivity index (χ1v) is 15.5. The van der Waals surface area contributed by atoms with Crippen LogP contribution in [0.2, 0.25) is 0 Å². The monoisotopic (exact) mass is 572 g/mol. The van der Waals surface area contributed by atoms with Crippen molar-refractivity contribution in [1.82, 2.24) is 9.84 Å². The number of carbonyl (C=O) groups is 2. The minimum atomic E-state index is -3.89. The van der Waals surface area contributed by atoms with E-state index in [2.05, 4.69) is 5.43 Å². The third-order valence-electron chi connectivity index (χ3n) is 6.61. The lowest BCUT2D eigenvalue weighted by Gasteiger charge is -2.30. The predicted octanol–water partition coefficient (Wildman–Crippen LogP) is 4.64. The number of aromatic hydroxyl groups is 1. The van der Waals surface area contributed by atoms with Crippen LogP contribution in [-0.2, 0) is 35.6 Å². The number of sulfonamides is 1. The van der Waals surface area contributed by atoms with Crippen molar-refractivity contribution in [2.24, 2.45) is 17.8 Å². The van der Waals surface area contributed by atoms with E-state index in [9.17, 15) is 23.1 Å². The molecule has 3 atom stereocenters. The van der Waals surface area contributed by atoms with Gasteiger partial charge in [-0.1, -0.05) is 68.5 Å². The average molecular weight is 573 g/mol. The third-order valence-corrected chi connectivity index (χ3v) is 7.63. The van der Waals surface area contributed by atoms with Crippen molar-refractivity contribution >= 4 is 28.0 Å². The summed E-state index contributed by atoms with van der Waals surface area (Å²) in [4.78, 5) is 27.3. The molecule has 40 heavy (non-hydrogen) atoms. The first kappa shape index (κ1) is 31.3. The standard InChI is InChI=1S/C30H40N2O7S/c1-22(2)19-27(29(34)31-32(40(3,36)37)21-24-14-9-15-25(33)20-24)26(16-10-13-23-11-5-4-6-12-23)30(35)39-28-17-7-8-18-38-28/h4-6,9-15,20,22,26-28,33H,7-8,16-19,21H2,1-3H3,(H,31,34)/t26-,27+,28?/m0/s1. The van der Waals surface area contributed by atoms with Crippen LogP contribution in [0.1, 0.15) is 57.1 Å². The number of nitrogens with zero attached hydrogens (tertiary/aromatic N) is 1. The molecule has 1 aliphatic heterocycles. The number of allylic oxidation sites excluding steroid dienone is 1. The van der Waals surface area contributed by atoms with E-state index >= 15 is 0 Å². The molecule has 1 heterocycles. The summed E-state index contributed by atoms with van der Waals surface area (Å²) in [5, 5.41) is 9.81. The highest BCUT2D eigenvalue weighted by Crippen LogP contribution is 2.28. The first-order chi connectivity index (χ1) is 19.0. The molecule has 0 aliphatic carbocycles. The Morgan fingerprint density at radius 1 is 1.12 bits per heavy atom. The van der Waals surface area contributed by atoms with E-state index in [4.69, 9.17) is 9.47 Å². The Kier molecular flexibility index (Phi) is 11.7. The molecular weight excluding hydrogens is 532 g/mol. The van der Waals surface area contributed by atoms with Gasteiger partial charge in [0, 0.05) is 6.42 Å². The lowest BCUT2D eigenvalue weighted by atomic mass is 9.82. The summed E-state index contributed by atoms with van der Waals surface area (Å²) in [6, 6.07) is 15.7. The molecular formula is C30H40N2O7S. The van der Waals surface area contributed by atoms with E-state index in [0.717, 1.165) is 29.1 Å². The number of hydrogen-bond acceptors (Lipinski definition) is 7. The lowest BCUT2D eigenvalue weighted by Crippen LogP contribution is -2.50. The number of amides is 1. The van der Waals surface area contributed by atoms with Gasteiger partial charge in [0.15, 0.2) is 0 Å². The molecule has 1 saturated heterocycles. The molecule has 0 spiro atoms. The van der Waals surface area contributed by atoms with Gasteiger partial charge in [0.25, 0.3) is 0 Å². The second-order valence-corrected chi connectivity index (χ2v) is 12.4. The third kappa shape index (κ3) is 10.1. The molecule has 9 nitrogen and oxygen atoms in total. The summed E-state index contributed by atoms with van der Waals surface area (Å²) in [5.41, 5.74) is 3.98. The van der Waals surface area contributed by atoms with Crippen molar-refractivity contribution in [2.45, 2.75) is 58.8 Å². The van der Waals surface area contributed by atoms with E-state index in [1.165, 1.54) is 12.1 Å². The maximum atomic E-state index is 13.7. The topological polar surface area (TPSA) is 122 Å². The largest absolute Gasteiger partial charge is 0.508 e. The summed E-state index contributed by atoms with van der Waals surface area (Å²) < 4.78 is 37.4. The molecule has 10 heteroatoms. The number of rotatable bonds is 13. The molecule has 1 aliphatic rings. The molecule has 0 saturated carbocycles. The molecule has 3 rings (SSSR count). The van der Waals surface area contributed by atoms with E-state index in [1.54, 1.807) is 12.1 Å². The van der Waals surface area contributed by atoms with Gasteiger partial charge in [0.05, 0.1) is 31.2 Å². The van der Waals surface area contributed by atoms with E-state index < -0.39 is 40.0 Å². The van der Waals surface area contributed by atoms with E-state index in [0.29, 0.717) is 25.0 Å². The fraction of sp³-hybridized carbons (Fsp3) is 0.467. The van der Waals surface area contributed by atoms with Crippen molar-refractivity contribution in [3.63, 3.8) is 0 Å². The Balaban J connectivity index is 1.87. The van der Waals surface area contributed by atoms with Crippen LogP contribution >= 0.6 is 0 Å². The molecule has 0 radical (unpaired) electrons. The molecule has 1 fully saturated rings. The number of ether oxygens (including phenoxy) is 2. The predicted molar refractivity (Wildman–Crippen MR) is 153 cm³/mol. The number of benzene rings is 2. The van der Waals surface area contributed by atoms with Crippen molar-refractivity contribution in [3.05, 3.63) is 71.8 Å². The number of carbonyl (C=O) groups excluding carboxylic acids is 2. The maximum absolute atomic E-state index is 13.7. The number of esters is 1. The van der Waals surface area contributed by atoms with Crippen LogP contribution in [0.25, 0.3) is 6.08 Å². The summed E-state index contributed by atoms with van der Waals surface area (Å²) in [5.74, 6) is -2.87. The molecule has 2 N–H and O–H groups in total. The van der Waals surface area contributed by atoms with Crippen molar-refractivity contribution in [1.29, 1.82) is 0 Å². The zero-order chi connectivity index (χ0) is 29.1. The van der Waals surface area contributed by atoms with Crippen LogP contribution in [0, 0.1) is 17.8 Å². The van der Waals surface area contributed by atoms with Crippen LogP contribution in [0.5, 0.6) is 5.75 Å². The smallest absolute Gasteiger partial charge is 0.312 e. The van der Waals surface area contributed by atoms with Gasteiger partial charge in [0.2, 0.25) is 22.2 Å². The highest BCUT2D eigenvalue weighted by molar-refractivity contribution is 7.88. The molecule has 0 bridgehead atoms. The quantitative estimate of drug-likeness (QED) is 0.265. The van der Waals surface area contributed by atoms with Crippen molar-refractivity contribution in [2.75, 3.05) is 12.9 Å². The minimum Gasteiger partial charge on any atom is -0.508 e. The number of hydrogen-bond donors (Lipinski definition) is 2. The number of nitrogens with one attached hydrogen (secondary N) is 1. The Labute approximate surface area is 237 Å². The van der Waals surface area contributed by atoms with E-state index in [1.807, 2.05) is 56.3 Å². The molecule has 0 aromatic heterocycles. The molecule has 218 valence electrons. The Morgan fingerprint density at radius 3 is 2.50 bits per heavy atom. The Bertz CT molecular complexity index is 1240. The second-order valence-electron chi connectivity index (χ2n) is 10.5. The number of phenolic OH excluding ortho intramolecular Hbond substituents is 1. The van der Waals surface area contributed by atoms with Gasteiger partial charge in [-0.25, -0.2) is 8.42 Å². The Hall–Kier alpha value is -3.21. The normalized spacial score (nSPS) is 17.6. The molecule has 1 unspecified atom stereocenters. The second kappa shape index (κ2) is 15.0. The zero-order valence-corrected chi connectivity index (χ0v) is 24.2. The summed E-state index contributed by atoms with van der Waals surface area (Å²) in [6.45, 7) is 4.19. The lowest BCUT2D eigenvalue weighted by molar-refractivity contribution is -0.193. The zero-order valence-electron chi connectivity index (χ0n) is 23.4. The SMILES string of the molecule is CC(C)C[C@@H](C(=O)NN(Cc1cccc(O)c1)S(C)(=O)=O)[C@H](CC=Cc1ccccc1)C(=O)OC1CCCCO1. The van der Waals surface area contributed by atoms with Crippen molar-refractivity contribution in [3.8, 4) is 5.75 Å². The highest BCUT2D eigenvalue weighted by atomic mass is 32.2. The van der Waals surface area contributed by atoms with Crippen molar-refractivity contribution < 1.29 is 32.6 Å². The molecule has 2 aromatic rings. The van der Waals surface area contributed by atoms with Crippen LogP contribution in [0.4, 0.5) is 0 Å². The van der Waals surface area contributed by atoms with Gasteiger partial charge in [0.1, 0.15) is 5.75 Å². The summed E-state index contributed by atoms with van der Waals surface area (Å²) in [6.07, 6.45) is 6.96. The highest BCUT2D eigenvalue weighted by Gasteiger charge is 2.37. The Morgan fingerprint density at radius 2 is 1.88 bits per heavy atom. The van der Waals surface area contributed by atoms with Gasteiger partial charge in [-0.05, 0) is 54.9 Å². The van der Waals surface area contributed by atoms with Gasteiger partial charge >= 0.3 is 5.97 Å². The molecule has 2 aromatic carbocycles. The minimum absolute atomic E-state index is 0.0205. The van der Waals surface area contributed by atoms with Crippen LogP contribution in [0.3, 0.4) is 0 Å². The summed E-state index contributed by atoms with van der Waals surface area (Å²) >= 11 is 0. The van der Waals surface area contributed by atoms with Crippen LogP contribution < -0.4 is 5.43 Å². The van der Waals surface area contributed by atoms with Gasteiger partial charge in [-0.2, -0.15) is 0 Å². The maximum Gasteiger partial charge on any atom is 0.312 e. The number of phenols is 1. The fourth-order valence-electron chi connectivity index (χ4n) is 4.59. The first-order valence-electron chi connectivity index (χ1n) is 13.6. The fourth-order valence-corrected chi connectivity index (χ4v) is 5.23.